The van der Waals surface area contributed by atoms with Crippen LogP contribution in [0.1, 0.15) is 96.1 Å². The SMILES string of the molecule is Cc1ccccc1OCCOc1cc(NC(=S)NC(CCCCNC(=O)CCCCC2SCC3NC(=O)NC32)C(=O)NCCCCCNC(=O)c2ccc(-c3c4ccc(=[N+](C)C)cc-4oc4cc(N(C)C)ccc34)c(C(=O)O)c2)ccc1C. The number of carboxylic acids is 1. The predicted octanol–water partition coefficient (Wildman–Crippen LogP) is 8.46. The van der Waals surface area contributed by atoms with Crippen LogP contribution in [-0.2, 0) is 9.59 Å². The van der Waals surface area contributed by atoms with E-state index in [1.807, 2.05) is 142 Å². The number of hydrogen-bond donors (Lipinski definition) is 8. The summed E-state index contributed by atoms with van der Waals surface area (Å²) in [5.74, 6) is 1.23. The average molecular weight is 1170 g/mol. The fourth-order valence-corrected chi connectivity index (χ4v) is 12.2. The van der Waals surface area contributed by atoms with Gasteiger partial charge in [0.1, 0.15) is 56.2 Å². The van der Waals surface area contributed by atoms with E-state index in [9.17, 15) is 29.1 Å². The molecule has 3 heterocycles. The van der Waals surface area contributed by atoms with Gasteiger partial charge >= 0.3 is 12.0 Å². The number of unbranched alkanes of at least 4 members (excludes halogenated alkanes) is 4. The number of ether oxygens (including phenoxy) is 2. The first-order chi connectivity index (χ1) is 40.0. The number of carbonyl (C=O) groups is 5. The Labute approximate surface area is 495 Å². The van der Waals surface area contributed by atoms with E-state index in [2.05, 4.69) is 37.2 Å². The summed E-state index contributed by atoms with van der Waals surface area (Å²) in [6.45, 7) is 5.89. The number of aryl methyl sites for hydroxylation is 2. The second kappa shape index (κ2) is 29.4. The van der Waals surface area contributed by atoms with Gasteiger partial charge in [-0.2, -0.15) is 11.8 Å². The molecule has 2 saturated heterocycles. The maximum atomic E-state index is 13.8. The Kier molecular flexibility index (Phi) is 21.7. The minimum Gasteiger partial charge on any atom is -0.490 e. The highest BCUT2D eigenvalue weighted by atomic mass is 32.2. The van der Waals surface area contributed by atoms with Crippen LogP contribution in [0.3, 0.4) is 0 Å². The number of nitrogens with zero attached hydrogens (tertiary/aromatic N) is 2. The number of thiocarbonyl (C=S) groups is 1. The van der Waals surface area contributed by atoms with E-state index in [1.165, 1.54) is 6.07 Å². The first kappa shape index (κ1) is 61.2. The van der Waals surface area contributed by atoms with Gasteiger partial charge in [-0.25, -0.2) is 14.2 Å². The number of para-hydroxylation sites is 1. The van der Waals surface area contributed by atoms with E-state index in [0.29, 0.717) is 117 Å². The quantitative estimate of drug-likeness (QED) is 0.00759. The van der Waals surface area contributed by atoms with Gasteiger partial charge in [-0.3, -0.25) is 14.4 Å². The highest BCUT2D eigenvalue weighted by Gasteiger charge is 2.42. The smallest absolute Gasteiger partial charge is 0.336 e. The van der Waals surface area contributed by atoms with Crippen molar-refractivity contribution >= 4 is 81.2 Å². The summed E-state index contributed by atoms with van der Waals surface area (Å²) in [6, 6.07) is 29.6. The van der Waals surface area contributed by atoms with E-state index in [4.69, 9.17) is 26.1 Å². The van der Waals surface area contributed by atoms with E-state index in [0.717, 1.165) is 63.9 Å². The molecule has 0 spiro atoms. The molecule has 4 atom stereocenters. The molecule has 2 fully saturated rings. The molecule has 440 valence electrons. The fraction of sp³-hybridized carbons (Fsp3) is 0.413. The largest absolute Gasteiger partial charge is 0.490 e. The summed E-state index contributed by atoms with van der Waals surface area (Å²) in [4.78, 5) is 66.8. The summed E-state index contributed by atoms with van der Waals surface area (Å²) in [6.07, 6.45) is 6.81. The summed E-state index contributed by atoms with van der Waals surface area (Å²) < 4.78 is 20.4. The van der Waals surface area contributed by atoms with Crippen LogP contribution in [0.15, 0.2) is 101 Å². The zero-order valence-corrected chi connectivity index (χ0v) is 49.9. The van der Waals surface area contributed by atoms with Crippen molar-refractivity contribution in [2.45, 2.75) is 101 Å². The Morgan fingerprint density at radius 3 is 2.30 bits per heavy atom. The minimum atomic E-state index is -1.16. The van der Waals surface area contributed by atoms with Crippen LogP contribution in [0.5, 0.6) is 11.5 Å². The summed E-state index contributed by atoms with van der Waals surface area (Å²) >= 11 is 7.64. The molecule has 1 aliphatic carbocycles. The molecule has 3 aliphatic heterocycles. The standard InChI is InChI=1S/C63H77N9O9S2/c1-39-16-8-9-18-51(39)79-32-33-80-52-35-42(23-21-40(52)2)67-63(82)69-49(17-12-15-29-64-56(73)20-11-10-19-55-58-50(38-83-55)68-62(78)70-58)60(75)66-31-14-7-13-30-65-59(74)41-22-26-45(48(34-41)61(76)77)57-46-27-24-43(71(3)4)36-53(46)81-54-37-44(72(5)6)25-28-47(54)57/h8-9,16,18,21-28,34-37,49-50,55,58H,7,10-15,17,19-20,29-33,38H2,1-6H3,(H7-,64,65,66,67,68,69,70,73,74,75,76,77,78,82)/p+1. The molecule has 20 heteroatoms. The van der Waals surface area contributed by atoms with Crippen LogP contribution in [0.25, 0.3) is 33.4 Å². The second-order valence-corrected chi connectivity index (χ2v) is 23.3. The molecule has 8 rings (SSSR count). The van der Waals surface area contributed by atoms with Gasteiger partial charge < -0.3 is 61.1 Å². The maximum Gasteiger partial charge on any atom is 0.336 e. The van der Waals surface area contributed by atoms with Crippen LogP contribution in [0.2, 0.25) is 0 Å². The van der Waals surface area contributed by atoms with Crippen molar-refractivity contribution in [3.05, 3.63) is 125 Å². The average Bonchev–Trinajstić information content (AvgIpc) is 3.65. The Morgan fingerprint density at radius 1 is 0.795 bits per heavy atom. The van der Waals surface area contributed by atoms with Crippen molar-refractivity contribution in [2.75, 3.05) is 77.0 Å². The first-order valence-electron chi connectivity index (χ1n) is 28.6. The Balaban J connectivity index is 0.818. The number of rotatable bonds is 28. The van der Waals surface area contributed by atoms with E-state index in [-0.39, 0.29) is 52.1 Å². The number of thioether (sulfide) groups is 1. The number of anilines is 2. The van der Waals surface area contributed by atoms with Crippen molar-refractivity contribution in [2.24, 2.45) is 0 Å². The topological polar surface area (TPSA) is 228 Å². The third-order valence-electron chi connectivity index (χ3n) is 15.0. The third kappa shape index (κ3) is 16.7. The third-order valence-corrected chi connectivity index (χ3v) is 16.8. The lowest BCUT2D eigenvalue weighted by molar-refractivity contribution is -0.123. The molecule has 0 aromatic heterocycles. The number of carbonyl (C=O) groups excluding carboxylic acids is 4. The number of aromatic carboxylic acids is 1. The van der Waals surface area contributed by atoms with Gasteiger partial charge in [-0.15, -0.1) is 0 Å². The number of hydrogen-bond acceptors (Lipinski definition) is 11. The Morgan fingerprint density at radius 2 is 1.53 bits per heavy atom. The molecule has 4 unspecified atom stereocenters. The summed E-state index contributed by atoms with van der Waals surface area (Å²) in [5, 5.41) is 34.4. The lowest BCUT2D eigenvalue weighted by Gasteiger charge is -2.21. The zero-order valence-electron chi connectivity index (χ0n) is 48.3. The van der Waals surface area contributed by atoms with Gasteiger partial charge in [0.25, 0.3) is 5.91 Å². The zero-order chi connectivity index (χ0) is 59.0. The molecule has 4 aromatic carbocycles. The van der Waals surface area contributed by atoms with Gasteiger partial charge in [0.2, 0.25) is 17.2 Å². The molecule has 4 aliphatic rings. The van der Waals surface area contributed by atoms with Gasteiger partial charge in [0.15, 0.2) is 5.11 Å². The van der Waals surface area contributed by atoms with Crippen molar-refractivity contribution in [1.82, 2.24) is 36.5 Å². The van der Waals surface area contributed by atoms with Crippen molar-refractivity contribution in [1.29, 1.82) is 0 Å². The molecule has 8 N–H and O–H groups in total. The lowest BCUT2D eigenvalue weighted by atomic mass is 9.89. The van der Waals surface area contributed by atoms with Gasteiger partial charge in [-0.05, 0) is 137 Å². The van der Waals surface area contributed by atoms with Crippen molar-refractivity contribution < 1.29 is 43.0 Å². The van der Waals surface area contributed by atoms with Crippen molar-refractivity contribution in [3.8, 4) is 33.9 Å². The second-order valence-electron chi connectivity index (χ2n) is 21.6. The molecule has 0 bridgehead atoms. The molecular formula is C63H78N9O9S2+. The molecule has 4 aromatic rings. The molecule has 18 nitrogen and oxygen atoms in total. The highest BCUT2D eigenvalue weighted by Crippen LogP contribution is 2.42. The Bertz CT molecular complexity index is 3350. The molecule has 5 amide bonds. The maximum absolute atomic E-state index is 13.8. The summed E-state index contributed by atoms with van der Waals surface area (Å²) in [7, 11) is 7.78. The van der Waals surface area contributed by atoms with E-state index in [1.54, 1.807) is 12.1 Å². The van der Waals surface area contributed by atoms with Gasteiger partial charge in [0, 0.05) is 103 Å². The first-order valence-corrected chi connectivity index (χ1v) is 30.0. The molecule has 83 heavy (non-hydrogen) atoms. The van der Waals surface area contributed by atoms with Crippen LogP contribution in [0.4, 0.5) is 16.2 Å². The molecular weight excluding hydrogens is 1090 g/mol. The van der Waals surface area contributed by atoms with Crippen LogP contribution >= 0.6 is 24.0 Å². The molecule has 0 saturated carbocycles. The molecule has 0 radical (unpaired) electrons. The fourth-order valence-electron chi connectivity index (χ4n) is 10.4. The van der Waals surface area contributed by atoms with Crippen LogP contribution < -0.4 is 61.5 Å². The monoisotopic (exact) mass is 1170 g/mol. The summed E-state index contributed by atoms with van der Waals surface area (Å²) in [5.41, 5.74) is 6.34. The lowest BCUT2D eigenvalue weighted by Crippen LogP contribution is -2.48. The normalized spacial score (nSPS) is 15.6. The number of carboxylic acid groups (broad SMARTS) is 1. The number of nitrogens with one attached hydrogen (secondary N) is 7. The van der Waals surface area contributed by atoms with Crippen LogP contribution in [-0.4, -0.2) is 130 Å². The predicted molar refractivity (Wildman–Crippen MR) is 333 cm³/mol. The number of amides is 5. The van der Waals surface area contributed by atoms with E-state index < -0.39 is 12.0 Å². The van der Waals surface area contributed by atoms with Crippen LogP contribution in [0, 0.1) is 13.8 Å². The van der Waals surface area contributed by atoms with Gasteiger partial charge in [-0.1, -0.05) is 36.8 Å². The Hall–Kier alpha value is -7.84. The number of fused-ring (bicyclic) bond motifs is 3. The van der Waals surface area contributed by atoms with Gasteiger partial charge in [0.05, 0.1) is 23.7 Å². The van der Waals surface area contributed by atoms with Crippen molar-refractivity contribution in [3.63, 3.8) is 0 Å². The number of benzene rings is 5. The van der Waals surface area contributed by atoms with E-state index >= 15 is 0 Å². The highest BCUT2D eigenvalue weighted by molar-refractivity contribution is 8.00. The number of urea groups is 1. The minimum absolute atomic E-state index is 0.00151.